The molecule has 9 heteroatoms. The first-order chi connectivity index (χ1) is 8.78. The van der Waals surface area contributed by atoms with Crippen LogP contribution in [0.5, 0.6) is 11.6 Å². The number of rotatable bonds is 4. The topological polar surface area (TPSA) is 55.1 Å². The SMILES string of the molecule is COc1cc(C(F)F)c(OC(F)(F)F)nc1CC#N. The predicted molar refractivity (Wildman–Crippen MR) is 51.7 cm³/mol. The van der Waals surface area contributed by atoms with Crippen LogP contribution in [-0.2, 0) is 6.42 Å². The molecule has 0 saturated heterocycles. The number of alkyl halides is 5. The Morgan fingerprint density at radius 3 is 2.47 bits per heavy atom. The van der Waals surface area contributed by atoms with Crippen molar-refractivity contribution in [3.05, 3.63) is 17.3 Å². The molecule has 1 aromatic rings. The van der Waals surface area contributed by atoms with E-state index in [9.17, 15) is 22.0 Å². The molecule has 0 spiro atoms. The minimum Gasteiger partial charge on any atom is -0.495 e. The molecule has 0 unspecified atom stereocenters. The third-order valence-corrected chi connectivity index (χ3v) is 1.97. The number of nitrogens with zero attached hydrogens (tertiary/aromatic N) is 2. The lowest BCUT2D eigenvalue weighted by atomic mass is 10.2. The molecule has 0 saturated carbocycles. The van der Waals surface area contributed by atoms with Gasteiger partial charge in [0.2, 0.25) is 5.88 Å². The van der Waals surface area contributed by atoms with Crippen LogP contribution in [0.2, 0.25) is 0 Å². The minimum absolute atomic E-state index is 0.202. The van der Waals surface area contributed by atoms with Gasteiger partial charge in [0.15, 0.2) is 0 Å². The van der Waals surface area contributed by atoms with E-state index in [2.05, 4.69) is 9.72 Å². The molecule has 0 aliphatic heterocycles. The summed E-state index contributed by atoms with van der Waals surface area (Å²) in [6.07, 6.45) is -8.79. The van der Waals surface area contributed by atoms with Gasteiger partial charge < -0.3 is 9.47 Å². The molecule has 104 valence electrons. The fraction of sp³-hybridized carbons (Fsp3) is 0.400. The maximum atomic E-state index is 12.6. The molecule has 0 atom stereocenters. The molecule has 1 heterocycles. The molecule has 1 rings (SSSR count). The summed E-state index contributed by atoms with van der Waals surface area (Å²) in [7, 11) is 1.12. The fourth-order valence-corrected chi connectivity index (χ4v) is 1.25. The van der Waals surface area contributed by atoms with Crippen molar-refractivity contribution in [1.29, 1.82) is 5.26 Å². The quantitative estimate of drug-likeness (QED) is 0.797. The highest BCUT2D eigenvalue weighted by Gasteiger charge is 2.35. The molecule has 1 aromatic heterocycles. The van der Waals surface area contributed by atoms with Gasteiger partial charge in [-0.2, -0.15) is 5.26 Å². The van der Waals surface area contributed by atoms with Gasteiger partial charge in [0.1, 0.15) is 11.4 Å². The van der Waals surface area contributed by atoms with Crippen LogP contribution in [0, 0.1) is 11.3 Å². The lowest BCUT2D eigenvalue weighted by Crippen LogP contribution is -2.19. The Bertz CT molecular complexity index is 496. The first kappa shape index (κ1) is 14.9. The van der Waals surface area contributed by atoms with E-state index >= 15 is 0 Å². The van der Waals surface area contributed by atoms with Gasteiger partial charge in [-0.1, -0.05) is 0 Å². The van der Waals surface area contributed by atoms with E-state index in [1.165, 1.54) is 0 Å². The van der Waals surface area contributed by atoms with E-state index in [4.69, 9.17) is 10.00 Å². The van der Waals surface area contributed by atoms with Crippen LogP contribution in [0.4, 0.5) is 22.0 Å². The average Bonchev–Trinajstić information content (AvgIpc) is 2.27. The second kappa shape index (κ2) is 5.69. The predicted octanol–water partition coefficient (Wildman–Crippen LogP) is 2.99. The van der Waals surface area contributed by atoms with Gasteiger partial charge in [0, 0.05) is 0 Å². The van der Waals surface area contributed by atoms with Gasteiger partial charge in [-0.3, -0.25) is 0 Å². The van der Waals surface area contributed by atoms with Gasteiger partial charge in [-0.25, -0.2) is 13.8 Å². The normalized spacial score (nSPS) is 11.3. The standard InChI is InChI=1S/C10H7F5N2O2/c1-18-7-4-5(8(11)12)9(19-10(13,14)15)17-6(7)2-3-16/h4,8H,2H2,1H3. The summed E-state index contributed by atoms with van der Waals surface area (Å²) in [6.45, 7) is 0. The molecule has 0 aromatic carbocycles. The number of ether oxygens (including phenoxy) is 2. The number of methoxy groups -OCH3 is 1. The third kappa shape index (κ3) is 3.94. The summed E-state index contributed by atoms with van der Waals surface area (Å²) in [4.78, 5) is 3.27. The summed E-state index contributed by atoms with van der Waals surface area (Å²) < 4.78 is 69.6. The Kier molecular flexibility index (Phi) is 4.47. The second-order valence-electron chi connectivity index (χ2n) is 3.22. The van der Waals surface area contributed by atoms with E-state index in [1.54, 1.807) is 6.07 Å². The summed E-state index contributed by atoms with van der Waals surface area (Å²) in [6, 6.07) is 2.30. The third-order valence-electron chi connectivity index (χ3n) is 1.97. The van der Waals surface area contributed by atoms with Crippen molar-refractivity contribution < 1.29 is 31.4 Å². The molecular formula is C10H7F5N2O2. The molecule has 0 N–H and O–H groups in total. The molecule has 0 fully saturated rings. The summed E-state index contributed by atoms with van der Waals surface area (Å²) in [5, 5.41) is 8.48. The van der Waals surface area contributed by atoms with Crippen molar-refractivity contribution in [1.82, 2.24) is 4.98 Å². The highest BCUT2D eigenvalue weighted by Crippen LogP contribution is 2.35. The molecule has 4 nitrogen and oxygen atoms in total. The Morgan fingerprint density at radius 1 is 1.42 bits per heavy atom. The molecule has 0 radical (unpaired) electrons. The molecule has 0 aliphatic rings. The Balaban J connectivity index is 3.33. The maximum absolute atomic E-state index is 12.6. The lowest BCUT2D eigenvalue weighted by Gasteiger charge is -2.14. The van der Waals surface area contributed by atoms with Crippen LogP contribution in [-0.4, -0.2) is 18.5 Å². The van der Waals surface area contributed by atoms with E-state index in [-0.39, 0.29) is 11.4 Å². The zero-order valence-corrected chi connectivity index (χ0v) is 9.46. The summed E-state index contributed by atoms with van der Waals surface area (Å²) >= 11 is 0. The highest BCUT2D eigenvalue weighted by molar-refractivity contribution is 5.40. The van der Waals surface area contributed by atoms with E-state index < -0.39 is 30.7 Å². The zero-order chi connectivity index (χ0) is 14.6. The smallest absolute Gasteiger partial charge is 0.495 e. The van der Waals surface area contributed by atoms with E-state index in [0.29, 0.717) is 6.07 Å². The van der Waals surface area contributed by atoms with Crippen molar-refractivity contribution in [3.8, 4) is 17.7 Å². The van der Waals surface area contributed by atoms with Crippen LogP contribution in [0.3, 0.4) is 0 Å². The van der Waals surface area contributed by atoms with E-state index in [0.717, 1.165) is 7.11 Å². The Labute approximate surface area is 104 Å². The van der Waals surface area contributed by atoms with Gasteiger partial charge in [-0.15, -0.1) is 13.2 Å². The maximum Gasteiger partial charge on any atom is 0.574 e. The number of hydrogen-bond acceptors (Lipinski definition) is 4. The number of nitriles is 1. The van der Waals surface area contributed by atoms with Gasteiger partial charge >= 0.3 is 6.36 Å². The largest absolute Gasteiger partial charge is 0.574 e. The second-order valence-corrected chi connectivity index (χ2v) is 3.22. The summed E-state index contributed by atoms with van der Waals surface area (Å²) in [5.41, 5.74) is -1.27. The monoisotopic (exact) mass is 282 g/mol. The Morgan fingerprint density at radius 2 is 2.05 bits per heavy atom. The van der Waals surface area contributed by atoms with Gasteiger partial charge in [0.25, 0.3) is 6.43 Å². The first-order valence-electron chi connectivity index (χ1n) is 4.77. The number of pyridine rings is 1. The lowest BCUT2D eigenvalue weighted by molar-refractivity contribution is -0.276. The van der Waals surface area contributed by atoms with Crippen molar-refractivity contribution in [2.45, 2.75) is 19.2 Å². The van der Waals surface area contributed by atoms with Gasteiger partial charge in [0.05, 0.1) is 25.2 Å². The molecule has 0 bridgehead atoms. The first-order valence-corrected chi connectivity index (χ1v) is 4.77. The van der Waals surface area contributed by atoms with Crippen LogP contribution < -0.4 is 9.47 Å². The van der Waals surface area contributed by atoms with Crippen molar-refractivity contribution in [2.24, 2.45) is 0 Å². The van der Waals surface area contributed by atoms with Crippen LogP contribution in [0.1, 0.15) is 17.7 Å². The van der Waals surface area contributed by atoms with Crippen molar-refractivity contribution >= 4 is 0 Å². The molecule has 0 aliphatic carbocycles. The van der Waals surface area contributed by atoms with Crippen LogP contribution in [0.25, 0.3) is 0 Å². The van der Waals surface area contributed by atoms with Crippen LogP contribution >= 0.6 is 0 Å². The van der Waals surface area contributed by atoms with E-state index in [1.807, 2.05) is 0 Å². The molecule has 0 amide bonds. The number of hydrogen-bond donors (Lipinski definition) is 0. The van der Waals surface area contributed by atoms with Gasteiger partial charge in [-0.05, 0) is 6.07 Å². The highest BCUT2D eigenvalue weighted by atomic mass is 19.4. The van der Waals surface area contributed by atoms with Crippen molar-refractivity contribution in [2.75, 3.05) is 7.11 Å². The fourth-order valence-electron chi connectivity index (χ4n) is 1.25. The Hall–Kier alpha value is -2.11. The molecular weight excluding hydrogens is 275 g/mol. The zero-order valence-electron chi connectivity index (χ0n) is 9.46. The number of halogens is 5. The van der Waals surface area contributed by atoms with Crippen LogP contribution in [0.15, 0.2) is 6.07 Å². The minimum atomic E-state index is -5.16. The number of aromatic nitrogens is 1. The summed E-state index contributed by atoms with van der Waals surface area (Å²) in [5.74, 6) is -1.49. The molecule has 19 heavy (non-hydrogen) atoms. The van der Waals surface area contributed by atoms with Crippen molar-refractivity contribution in [3.63, 3.8) is 0 Å². The average molecular weight is 282 g/mol.